The topological polar surface area (TPSA) is 32.3 Å². The molecule has 0 aliphatic heterocycles. The number of anilines is 1. The van der Waals surface area contributed by atoms with Crippen molar-refractivity contribution in [3.63, 3.8) is 0 Å². The molecule has 0 bridgehead atoms. The quantitative estimate of drug-likeness (QED) is 0.821. The second kappa shape index (κ2) is 6.50. The second-order valence-corrected chi connectivity index (χ2v) is 5.30. The van der Waals surface area contributed by atoms with Crippen LogP contribution < -0.4 is 10.4 Å². The molecule has 0 saturated carbocycles. The van der Waals surface area contributed by atoms with Crippen LogP contribution in [-0.2, 0) is 11.3 Å². The summed E-state index contributed by atoms with van der Waals surface area (Å²) in [5.74, 6) is 0. The van der Waals surface area contributed by atoms with Gasteiger partial charge in [-0.15, -0.1) is 11.3 Å². The van der Waals surface area contributed by atoms with Crippen molar-refractivity contribution in [2.45, 2.75) is 26.4 Å². The van der Waals surface area contributed by atoms with Gasteiger partial charge in [0.25, 0.3) is 0 Å². The van der Waals surface area contributed by atoms with E-state index in [2.05, 4.69) is 24.5 Å². The summed E-state index contributed by atoms with van der Waals surface area (Å²) in [7, 11) is 0. The van der Waals surface area contributed by atoms with Gasteiger partial charge in [0.2, 0.25) is 6.29 Å². The molecule has 0 saturated heterocycles. The third kappa shape index (κ3) is 3.43. The highest BCUT2D eigenvalue weighted by molar-refractivity contribution is 7.14. The van der Waals surface area contributed by atoms with Crippen molar-refractivity contribution >= 4 is 22.6 Å². The fraction of sp³-hybridized carbons (Fsp3) is 0.267. The van der Waals surface area contributed by atoms with Gasteiger partial charge >= 0.3 is 0 Å². The van der Waals surface area contributed by atoms with Crippen molar-refractivity contribution in [3.05, 3.63) is 52.9 Å². The summed E-state index contributed by atoms with van der Waals surface area (Å²) in [6, 6.07) is 11.9. The number of hydrogen-bond donors (Lipinski definition) is 1. The molecule has 4 heteroatoms. The third-order valence-corrected chi connectivity index (χ3v) is 3.87. The monoisotopic (exact) mass is 273 g/mol. The Morgan fingerprint density at radius 1 is 1.32 bits per heavy atom. The predicted molar refractivity (Wildman–Crippen MR) is 80.0 cm³/mol. The first kappa shape index (κ1) is 13.8. The van der Waals surface area contributed by atoms with Gasteiger partial charge in [0.15, 0.2) is 0 Å². The molecule has 0 fully saturated rings. The predicted octanol–water partition coefficient (Wildman–Crippen LogP) is 3.07. The van der Waals surface area contributed by atoms with E-state index < -0.39 is 0 Å². The molecule has 1 aromatic heterocycles. The van der Waals surface area contributed by atoms with E-state index in [1.165, 1.54) is 11.1 Å². The largest absolute Gasteiger partial charge is 0.288 e. The Hall–Kier alpha value is -1.65. The molecular formula is C15H17N2OS. The average molecular weight is 273 g/mol. The highest BCUT2D eigenvalue weighted by Gasteiger charge is 2.15. The minimum atomic E-state index is -0.317. The minimum absolute atomic E-state index is 0.317. The third-order valence-electron chi connectivity index (χ3n) is 3.00. The lowest BCUT2D eigenvalue weighted by atomic mass is 10.1. The van der Waals surface area contributed by atoms with Crippen LogP contribution in [0.15, 0.2) is 41.8 Å². The molecule has 0 aliphatic carbocycles. The van der Waals surface area contributed by atoms with Crippen LogP contribution in [0, 0.1) is 6.92 Å². The zero-order valence-electron chi connectivity index (χ0n) is 11.1. The van der Waals surface area contributed by atoms with E-state index in [1.54, 1.807) is 11.3 Å². The fourth-order valence-corrected chi connectivity index (χ4v) is 2.63. The van der Waals surface area contributed by atoms with E-state index in [0.29, 0.717) is 6.54 Å². The summed E-state index contributed by atoms with van der Waals surface area (Å²) >= 11 is 1.60. The molecule has 19 heavy (non-hydrogen) atoms. The maximum Gasteiger partial charge on any atom is 0.224 e. The second-order valence-electron chi connectivity index (χ2n) is 4.38. The van der Waals surface area contributed by atoms with Crippen molar-refractivity contribution in [1.82, 2.24) is 5.43 Å². The smallest absolute Gasteiger partial charge is 0.224 e. The molecule has 99 valence electrons. The van der Waals surface area contributed by atoms with Crippen molar-refractivity contribution in [3.8, 4) is 0 Å². The Morgan fingerprint density at radius 3 is 2.74 bits per heavy atom. The van der Waals surface area contributed by atoms with Gasteiger partial charge in [-0.05, 0) is 42.5 Å². The Labute approximate surface area is 117 Å². The molecule has 1 radical (unpaired) electrons. The number of nitrogens with zero attached hydrogens (tertiary/aromatic N) is 1. The fourth-order valence-electron chi connectivity index (χ4n) is 1.84. The summed E-state index contributed by atoms with van der Waals surface area (Å²) < 4.78 is 0. The maximum atomic E-state index is 10.9. The molecule has 1 atom stereocenters. The van der Waals surface area contributed by atoms with E-state index in [9.17, 15) is 4.79 Å². The summed E-state index contributed by atoms with van der Waals surface area (Å²) in [5, 5.41) is 4.88. The number of rotatable bonds is 6. The number of thiophene rings is 1. The minimum Gasteiger partial charge on any atom is -0.288 e. The molecule has 1 N–H and O–H groups in total. The molecule has 0 spiro atoms. The zero-order chi connectivity index (χ0) is 13.7. The van der Waals surface area contributed by atoms with Crippen LogP contribution in [0.4, 0.5) is 5.00 Å². The number of hydrogen-bond acceptors (Lipinski definition) is 4. The molecule has 0 aliphatic rings. The molecule has 1 heterocycles. The molecule has 0 amide bonds. The molecule has 2 aromatic rings. The van der Waals surface area contributed by atoms with Gasteiger partial charge in [0, 0.05) is 6.54 Å². The van der Waals surface area contributed by atoms with Crippen LogP contribution in [0.1, 0.15) is 18.1 Å². The van der Waals surface area contributed by atoms with Crippen LogP contribution >= 0.6 is 11.3 Å². The van der Waals surface area contributed by atoms with E-state index >= 15 is 0 Å². The lowest BCUT2D eigenvalue weighted by Gasteiger charge is -2.26. The van der Waals surface area contributed by atoms with Crippen LogP contribution in [-0.4, -0.2) is 12.3 Å². The first-order valence-electron chi connectivity index (χ1n) is 6.21. The highest BCUT2D eigenvalue weighted by Crippen LogP contribution is 2.21. The van der Waals surface area contributed by atoms with Gasteiger partial charge in [-0.2, -0.15) is 0 Å². The maximum absolute atomic E-state index is 10.9. The van der Waals surface area contributed by atoms with Gasteiger partial charge in [0.1, 0.15) is 11.0 Å². The van der Waals surface area contributed by atoms with E-state index in [-0.39, 0.29) is 6.04 Å². The number of nitrogens with one attached hydrogen (secondary N) is 1. The van der Waals surface area contributed by atoms with Crippen molar-refractivity contribution in [2.75, 3.05) is 5.01 Å². The van der Waals surface area contributed by atoms with Gasteiger partial charge in [-0.3, -0.25) is 9.80 Å². The number of hydrazine groups is 1. The number of benzene rings is 1. The Bertz CT molecular complexity index is 525. The van der Waals surface area contributed by atoms with Crippen LogP contribution in [0.2, 0.25) is 0 Å². The molecule has 3 nitrogen and oxygen atoms in total. The summed E-state index contributed by atoms with van der Waals surface area (Å²) in [4.78, 5) is 10.9. The zero-order valence-corrected chi connectivity index (χ0v) is 11.9. The standard InChI is InChI=1S/C15H17N2OS/c1-12-6-3-4-7-14(12)10-16-17(13(2)11-18)15-8-5-9-19-15/h3-9,13,16H,10H2,1-2H3/t13-/m0/s1. The van der Waals surface area contributed by atoms with Crippen LogP contribution in [0.3, 0.4) is 0 Å². The van der Waals surface area contributed by atoms with Crippen molar-refractivity contribution in [2.24, 2.45) is 0 Å². The van der Waals surface area contributed by atoms with Crippen LogP contribution in [0.25, 0.3) is 0 Å². The highest BCUT2D eigenvalue weighted by atomic mass is 32.1. The molecule has 2 rings (SSSR count). The summed E-state index contributed by atoms with van der Waals surface area (Å²) in [6.45, 7) is 4.61. The molecular weight excluding hydrogens is 256 g/mol. The van der Waals surface area contributed by atoms with Gasteiger partial charge in [-0.25, -0.2) is 5.43 Å². The lowest BCUT2D eigenvalue weighted by Crippen LogP contribution is -2.44. The summed E-state index contributed by atoms with van der Waals surface area (Å²) in [5.41, 5.74) is 5.78. The average Bonchev–Trinajstić information content (AvgIpc) is 2.94. The Morgan fingerprint density at radius 2 is 2.11 bits per heavy atom. The first-order chi connectivity index (χ1) is 9.22. The number of carbonyl (C=O) groups excluding carboxylic acids is 1. The first-order valence-corrected chi connectivity index (χ1v) is 7.08. The van der Waals surface area contributed by atoms with Gasteiger partial charge in [0.05, 0.1) is 0 Å². The van der Waals surface area contributed by atoms with E-state index in [1.807, 2.05) is 47.9 Å². The normalized spacial score (nSPS) is 12.1. The van der Waals surface area contributed by atoms with Crippen molar-refractivity contribution in [1.29, 1.82) is 0 Å². The molecule has 0 unspecified atom stereocenters. The van der Waals surface area contributed by atoms with E-state index in [0.717, 1.165) is 5.00 Å². The van der Waals surface area contributed by atoms with E-state index in [4.69, 9.17) is 0 Å². The van der Waals surface area contributed by atoms with Gasteiger partial charge < -0.3 is 0 Å². The Balaban J connectivity index is 2.09. The lowest BCUT2D eigenvalue weighted by molar-refractivity contribution is 0.523. The van der Waals surface area contributed by atoms with Crippen molar-refractivity contribution < 1.29 is 4.79 Å². The number of aryl methyl sites for hydroxylation is 1. The van der Waals surface area contributed by atoms with Crippen LogP contribution in [0.5, 0.6) is 0 Å². The summed E-state index contributed by atoms with van der Waals surface area (Å²) in [6.07, 6.45) is 2.02. The Kier molecular flexibility index (Phi) is 4.71. The molecule has 1 aromatic carbocycles. The van der Waals surface area contributed by atoms with Gasteiger partial charge in [-0.1, -0.05) is 24.3 Å². The SMILES string of the molecule is Cc1ccccc1CNN(c1cccs1)[C@@H](C)[C]=O.